The lowest BCUT2D eigenvalue weighted by Crippen LogP contribution is -2.57. The minimum absolute atomic E-state index is 0.0233. The van der Waals surface area contributed by atoms with Gasteiger partial charge in [-0.1, -0.05) is 114 Å². The Morgan fingerprint density at radius 3 is 1.62 bits per heavy atom. The standard InChI is InChI=1S/C23H30FIN2O6Si.C14H14F4O6S.C10H17IN2O3Si.C2H6/c1-34(2,3)10-9-30-14-27-21(28)16(25)11-26(23(27)29)17-12-31-18-13-32-22(33-20(18)19(17)24)15-7-5-4-6-8-15;15-11-9(24-25(19,20)14(16,17)18)6-21-10-7-22-13(23-12(10)11)8-4-2-1-3-5-8;1-17(2,3)5-4-16-7-13-9(14)8(11)6-12-10(13)15;1-2/h4-8,11,17-20,22H,9-10,12-14H2,1-3H3;1-5,9-13H,6-7H2;6H,4-5,7H2,1-3H3,(H,12,15);1-2H3/t17-,18-,19-,20-,22?;9-,10+,11+,12+,13?;;/m10../s1. The van der Waals surface area contributed by atoms with Crippen LogP contribution >= 0.6 is 45.2 Å². The zero-order chi connectivity index (χ0) is 57.8. The highest BCUT2D eigenvalue weighted by Gasteiger charge is 2.54. The highest BCUT2D eigenvalue weighted by atomic mass is 127. The minimum Gasteiger partial charge on any atom is -0.371 e. The fourth-order valence-corrected chi connectivity index (χ4v) is 10.9. The quantitative estimate of drug-likeness (QED) is 0.0299. The molecule has 0 aliphatic carbocycles. The Morgan fingerprint density at radius 2 is 1.13 bits per heavy atom. The van der Waals surface area contributed by atoms with Crippen molar-refractivity contribution < 1.29 is 72.4 Å². The van der Waals surface area contributed by atoms with E-state index in [9.17, 15) is 45.2 Å². The lowest BCUT2D eigenvalue weighted by molar-refractivity contribution is -0.303. The zero-order valence-electron chi connectivity index (χ0n) is 44.3. The van der Waals surface area contributed by atoms with E-state index in [1.54, 1.807) is 30.3 Å². The van der Waals surface area contributed by atoms with Crippen LogP contribution in [0.4, 0.5) is 22.0 Å². The van der Waals surface area contributed by atoms with Gasteiger partial charge in [-0.15, -0.1) is 0 Å². The Balaban J connectivity index is 0.000000224. The van der Waals surface area contributed by atoms with Gasteiger partial charge in [-0.25, -0.2) is 27.5 Å². The Hall–Kier alpha value is -3.07. The molecule has 4 aromatic rings. The van der Waals surface area contributed by atoms with E-state index < -0.39 is 117 Å². The topological polar surface area (TPSA) is 216 Å². The molecule has 4 aliphatic rings. The summed E-state index contributed by atoms with van der Waals surface area (Å²) < 4.78 is 142. The number of hydrogen-bond acceptors (Lipinski definition) is 15. The van der Waals surface area contributed by atoms with Gasteiger partial charge < -0.3 is 42.9 Å². The third kappa shape index (κ3) is 18.2. The van der Waals surface area contributed by atoms with Crippen molar-refractivity contribution >= 4 is 71.4 Å². The van der Waals surface area contributed by atoms with Gasteiger partial charge in [-0.3, -0.25) is 18.3 Å². The zero-order valence-corrected chi connectivity index (χ0v) is 51.4. The van der Waals surface area contributed by atoms with Crippen molar-refractivity contribution in [1.29, 1.82) is 0 Å². The third-order valence-corrected chi connectivity index (χ3v) is 18.1. The molecule has 6 heterocycles. The number of fused-ring (bicyclic) bond motifs is 2. The molecule has 0 bridgehead atoms. The molecule has 0 spiro atoms. The second-order valence-corrected chi connectivity index (χ2v) is 35.5. The number of aromatic amines is 1. The molecule has 78 heavy (non-hydrogen) atoms. The van der Waals surface area contributed by atoms with Gasteiger partial charge in [0.05, 0.1) is 39.6 Å². The van der Waals surface area contributed by atoms with Crippen molar-refractivity contribution in [2.75, 3.05) is 39.6 Å². The number of aromatic nitrogens is 4. The average molecular weight is 1390 g/mol. The SMILES string of the molecule is CC.C[Si](C)(C)CCOCn1c(=O)[nH]cc(I)c1=O.C[Si](C)(C)CCOCn1c(=O)c(I)cn([C@@H]2CO[C@@H]3COC(c4ccccc4)O[C@H]3[C@@H]2F)c1=O.O=S(=O)(O[C@H]1CO[C@@H]2COC(c3ccccc3)O[C@H]2[C@@H]1F)C(F)(F)F. The molecule has 19 nitrogen and oxygen atoms in total. The van der Waals surface area contributed by atoms with E-state index in [-0.39, 0.29) is 38.8 Å². The highest BCUT2D eigenvalue weighted by Crippen LogP contribution is 2.38. The van der Waals surface area contributed by atoms with Gasteiger partial charge in [0.1, 0.15) is 44.0 Å². The molecule has 8 rings (SSSR count). The largest absolute Gasteiger partial charge is 0.523 e. The van der Waals surface area contributed by atoms with E-state index in [4.69, 9.17) is 37.9 Å². The van der Waals surface area contributed by atoms with E-state index in [2.05, 4.69) is 48.4 Å². The molecule has 2 unspecified atom stereocenters. The molecule has 436 valence electrons. The van der Waals surface area contributed by atoms with Crippen LogP contribution in [-0.2, 0) is 65.7 Å². The van der Waals surface area contributed by atoms with E-state index in [1.807, 2.05) is 89.4 Å². The number of benzene rings is 2. The van der Waals surface area contributed by atoms with Gasteiger partial charge in [-0.2, -0.15) is 21.6 Å². The second-order valence-electron chi connectivity index (χ2n) is 20.4. The van der Waals surface area contributed by atoms with Gasteiger partial charge in [0.25, 0.3) is 11.1 Å². The summed E-state index contributed by atoms with van der Waals surface area (Å²) in [5, 5.41) is 0. The number of H-pyrrole nitrogens is 1. The summed E-state index contributed by atoms with van der Waals surface area (Å²) in [5.74, 6) is 0. The summed E-state index contributed by atoms with van der Waals surface area (Å²) in [7, 11) is -8.39. The van der Waals surface area contributed by atoms with Gasteiger partial charge >= 0.3 is 27.0 Å². The molecule has 0 amide bonds. The number of halogens is 7. The number of hydrogen-bond donors (Lipinski definition) is 1. The molecule has 10 atom stereocenters. The van der Waals surface area contributed by atoms with Crippen molar-refractivity contribution in [1.82, 2.24) is 18.7 Å². The molecule has 2 aromatic carbocycles. The Morgan fingerprint density at radius 1 is 0.667 bits per heavy atom. The predicted octanol–water partition coefficient (Wildman–Crippen LogP) is 7.87. The molecule has 4 fully saturated rings. The van der Waals surface area contributed by atoms with Gasteiger partial charge in [-0.05, 0) is 57.3 Å². The normalized spacial score (nSPS) is 25.4. The smallest absolute Gasteiger partial charge is 0.371 e. The summed E-state index contributed by atoms with van der Waals surface area (Å²) in [4.78, 5) is 51.4. The number of rotatable bonds is 15. The van der Waals surface area contributed by atoms with Gasteiger partial charge in [0.2, 0.25) is 0 Å². The summed E-state index contributed by atoms with van der Waals surface area (Å²) in [6, 6.07) is 18.8. The number of nitrogens with zero attached hydrogens (tertiary/aromatic N) is 3. The second kappa shape index (κ2) is 29.3. The van der Waals surface area contributed by atoms with Crippen LogP contribution < -0.4 is 22.5 Å². The summed E-state index contributed by atoms with van der Waals surface area (Å²) in [5.41, 5.74) is -6.09. The minimum atomic E-state index is -5.94. The van der Waals surface area contributed by atoms with Crippen molar-refractivity contribution in [3.8, 4) is 0 Å². The first kappa shape index (κ1) is 65.7. The molecule has 4 aliphatic heterocycles. The van der Waals surface area contributed by atoms with Crippen molar-refractivity contribution in [2.24, 2.45) is 0 Å². The van der Waals surface area contributed by atoms with Crippen molar-refractivity contribution in [3.63, 3.8) is 0 Å². The Kier molecular flexibility index (Phi) is 24.7. The number of nitrogens with one attached hydrogen (secondary N) is 1. The van der Waals surface area contributed by atoms with Gasteiger partial charge in [0.15, 0.2) is 24.9 Å². The first-order chi connectivity index (χ1) is 36.7. The first-order valence-corrected chi connectivity index (χ1v) is 35.9. The van der Waals surface area contributed by atoms with Crippen LogP contribution in [0, 0.1) is 7.14 Å². The molecule has 4 saturated heterocycles. The third-order valence-electron chi connectivity index (χ3n) is 12.1. The van der Waals surface area contributed by atoms with E-state index in [0.29, 0.717) is 25.9 Å². The summed E-state index contributed by atoms with van der Waals surface area (Å²) in [6.07, 6.45) is -8.15. The first-order valence-electron chi connectivity index (χ1n) is 25.0. The van der Waals surface area contributed by atoms with Gasteiger partial charge in [0, 0.05) is 52.9 Å². The average Bonchev–Trinajstić information content (AvgIpc) is 3.49. The van der Waals surface area contributed by atoms with Crippen LogP contribution in [0.25, 0.3) is 0 Å². The number of alkyl halides is 5. The Labute approximate surface area is 477 Å². The highest BCUT2D eigenvalue weighted by molar-refractivity contribution is 14.1. The fraction of sp³-hybridized carbons (Fsp3) is 0.592. The Bertz CT molecular complexity index is 2900. The van der Waals surface area contributed by atoms with Crippen LogP contribution in [0.3, 0.4) is 0 Å². The molecule has 29 heteroatoms. The maximum atomic E-state index is 15.8. The molecule has 0 radical (unpaired) electrons. The van der Waals surface area contributed by atoms with Crippen molar-refractivity contribution in [3.05, 3.63) is 133 Å². The monoisotopic (exact) mass is 1390 g/mol. The van der Waals surface area contributed by atoms with E-state index in [1.165, 1.54) is 17.0 Å². The molecule has 0 saturated carbocycles. The van der Waals surface area contributed by atoms with Crippen LogP contribution in [-0.4, -0.2) is 131 Å². The van der Waals surface area contributed by atoms with E-state index >= 15 is 4.39 Å². The van der Waals surface area contributed by atoms with Crippen LogP contribution in [0.15, 0.2) is 92.2 Å². The molecular weight excluding hydrogens is 1320 g/mol. The molecule has 1 N–H and O–H groups in total. The summed E-state index contributed by atoms with van der Waals surface area (Å²) in [6.45, 7) is 17.8. The number of ether oxygens (including phenoxy) is 8. The lowest BCUT2D eigenvalue weighted by Gasteiger charge is -2.44. The van der Waals surface area contributed by atoms with Crippen LogP contribution in [0.1, 0.15) is 43.6 Å². The predicted molar refractivity (Wildman–Crippen MR) is 299 cm³/mol. The lowest BCUT2D eigenvalue weighted by atomic mass is 9.98. The van der Waals surface area contributed by atoms with Crippen LogP contribution in [0.2, 0.25) is 51.4 Å². The maximum absolute atomic E-state index is 15.8. The summed E-state index contributed by atoms with van der Waals surface area (Å²) >= 11 is 3.75. The molecule has 2 aromatic heterocycles. The van der Waals surface area contributed by atoms with E-state index in [0.717, 1.165) is 26.8 Å². The van der Waals surface area contributed by atoms with Crippen molar-refractivity contribution in [2.45, 2.75) is 146 Å². The van der Waals surface area contributed by atoms with Crippen LogP contribution in [0.5, 0.6) is 0 Å². The molecular formula is C49H67F5I2N4O15SSi2. The maximum Gasteiger partial charge on any atom is 0.523 e. The fourth-order valence-electron chi connectivity index (χ4n) is 7.71.